The van der Waals surface area contributed by atoms with Gasteiger partial charge in [0.05, 0.1) is 13.2 Å². The van der Waals surface area contributed by atoms with Gasteiger partial charge in [-0.2, -0.15) is 0 Å². The molecule has 0 saturated carbocycles. The first-order chi connectivity index (χ1) is 7.36. The van der Waals surface area contributed by atoms with Gasteiger partial charge in [0.1, 0.15) is 5.75 Å². The molecule has 1 atom stereocenters. The average Bonchev–Trinajstić information content (AvgIpc) is 2.14. The minimum Gasteiger partial charge on any atom is -0.497 e. The van der Waals surface area contributed by atoms with Crippen molar-refractivity contribution in [3.63, 3.8) is 0 Å². The van der Waals surface area contributed by atoms with Gasteiger partial charge >= 0.3 is 0 Å². The third-order valence-electron chi connectivity index (χ3n) is 2.97. The topological polar surface area (TPSA) is 29.5 Å². The van der Waals surface area contributed by atoms with Crippen LogP contribution < -0.4 is 4.74 Å². The highest BCUT2D eigenvalue weighted by atomic mass is 16.5. The Labute approximate surface area is 98.3 Å². The summed E-state index contributed by atoms with van der Waals surface area (Å²) in [7, 11) is 1.68. The molecule has 0 bridgehead atoms. The SMILES string of the molecule is COc1ccc(C(C)(C)CC(C)O)c(C)c1. The Morgan fingerprint density at radius 2 is 2.00 bits per heavy atom. The predicted molar refractivity (Wildman–Crippen MR) is 67.1 cm³/mol. The van der Waals surface area contributed by atoms with E-state index in [-0.39, 0.29) is 11.5 Å². The minimum absolute atomic E-state index is 0.00940. The van der Waals surface area contributed by atoms with E-state index < -0.39 is 0 Å². The van der Waals surface area contributed by atoms with E-state index in [1.54, 1.807) is 7.11 Å². The lowest BCUT2D eigenvalue weighted by Crippen LogP contribution is -2.24. The van der Waals surface area contributed by atoms with Crippen LogP contribution in [0.3, 0.4) is 0 Å². The third kappa shape index (κ3) is 2.99. The summed E-state index contributed by atoms with van der Waals surface area (Å²) in [6.45, 7) is 8.24. The van der Waals surface area contributed by atoms with Crippen LogP contribution in [-0.2, 0) is 5.41 Å². The zero-order valence-corrected chi connectivity index (χ0v) is 10.9. The molecule has 0 aliphatic carbocycles. The second-order valence-electron chi connectivity index (χ2n) is 5.12. The van der Waals surface area contributed by atoms with E-state index in [0.29, 0.717) is 0 Å². The molecule has 0 amide bonds. The summed E-state index contributed by atoms with van der Waals surface area (Å²) in [4.78, 5) is 0. The van der Waals surface area contributed by atoms with Gasteiger partial charge in [0, 0.05) is 0 Å². The van der Waals surface area contributed by atoms with Gasteiger partial charge in [-0.15, -0.1) is 0 Å². The van der Waals surface area contributed by atoms with Crippen molar-refractivity contribution >= 4 is 0 Å². The first-order valence-corrected chi connectivity index (χ1v) is 5.70. The van der Waals surface area contributed by atoms with Crippen molar-refractivity contribution in [2.75, 3.05) is 7.11 Å². The van der Waals surface area contributed by atoms with Crippen LogP contribution in [0.15, 0.2) is 18.2 Å². The van der Waals surface area contributed by atoms with Crippen LogP contribution in [0.4, 0.5) is 0 Å². The first kappa shape index (κ1) is 13.0. The summed E-state index contributed by atoms with van der Waals surface area (Å²) in [5.74, 6) is 0.883. The highest BCUT2D eigenvalue weighted by Gasteiger charge is 2.24. The van der Waals surface area contributed by atoms with E-state index >= 15 is 0 Å². The second kappa shape index (κ2) is 4.88. The molecular formula is C14H22O2. The Kier molecular flexibility index (Phi) is 3.98. The number of benzene rings is 1. The maximum atomic E-state index is 9.52. The molecular weight excluding hydrogens is 200 g/mol. The largest absolute Gasteiger partial charge is 0.497 e. The summed E-state index contributed by atoms with van der Waals surface area (Å²) in [5.41, 5.74) is 2.48. The molecule has 1 rings (SSSR count). The highest BCUT2D eigenvalue weighted by molar-refractivity contribution is 5.38. The number of rotatable bonds is 4. The quantitative estimate of drug-likeness (QED) is 0.848. The van der Waals surface area contributed by atoms with Crippen LogP contribution in [0.1, 0.15) is 38.3 Å². The Hall–Kier alpha value is -1.02. The second-order valence-corrected chi connectivity index (χ2v) is 5.12. The molecule has 1 unspecified atom stereocenters. The molecule has 0 heterocycles. The molecule has 0 saturated heterocycles. The van der Waals surface area contributed by atoms with Crippen molar-refractivity contribution in [2.45, 2.75) is 45.6 Å². The summed E-state index contributed by atoms with van der Waals surface area (Å²) >= 11 is 0. The number of hydrogen-bond acceptors (Lipinski definition) is 2. The average molecular weight is 222 g/mol. The molecule has 2 heteroatoms. The van der Waals surface area contributed by atoms with Crippen LogP contribution in [0.5, 0.6) is 5.75 Å². The zero-order chi connectivity index (χ0) is 12.3. The van der Waals surface area contributed by atoms with Crippen molar-refractivity contribution in [2.24, 2.45) is 0 Å². The van der Waals surface area contributed by atoms with Crippen LogP contribution in [-0.4, -0.2) is 18.3 Å². The first-order valence-electron chi connectivity index (χ1n) is 5.70. The van der Waals surface area contributed by atoms with E-state index in [4.69, 9.17) is 4.74 Å². The molecule has 16 heavy (non-hydrogen) atoms. The van der Waals surface area contributed by atoms with Gasteiger partial charge in [-0.1, -0.05) is 19.9 Å². The van der Waals surface area contributed by atoms with Crippen molar-refractivity contribution in [3.8, 4) is 5.75 Å². The molecule has 0 fully saturated rings. The lowest BCUT2D eigenvalue weighted by Gasteiger charge is -2.28. The normalized spacial score (nSPS) is 13.6. The van der Waals surface area contributed by atoms with Gasteiger partial charge in [-0.25, -0.2) is 0 Å². The summed E-state index contributed by atoms with van der Waals surface area (Å²) in [6, 6.07) is 6.11. The predicted octanol–water partition coefficient (Wildman–Crippen LogP) is 3.05. The van der Waals surface area contributed by atoms with Crippen molar-refractivity contribution in [1.29, 1.82) is 0 Å². The fraction of sp³-hybridized carbons (Fsp3) is 0.571. The van der Waals surface area contributed by atoms with Crippen LogP contribution in [0.2, 0.25) is 0 Å². The maximum absolute atomic E-state index is 9.52. The standard InChI is InChI=1S/C14H22O2/c1-10-8-12(16-5)6-7-13(10)14(3,4)9-11(2)15/h6-8,11,15H,9H2,1-5H3. The van der Waals surface area contributed by atoms with E-state index in [1.165, 1.54) is 11.1 Å². The lowest BCUT2D eigenvalue weighted by molar-refractivity contribution is 0.156. The fourth-order valence-electron chi connectivity index (χ4n) is 2.37. The van der Waals surface area contributed by atoms with E-state index in [0.717, 1.165) is 12.2 Å². The van der Waals surface area contributed by atoms with Crippen molar-refractivity contribution < 1.29 is 9.84 Å². The van der Waals surface area contributed by atoms with Gasteiger partial charge in [0.2, 0.25) is 0 Å². The number of aliphatic hydroxyl groups is 1. The zero-order valence-electron chi connectivity index (χ0n) is 10.9. The van der Waals surface area contributed by atoms with E-state index in [9.17, 15) is 5.11 Å². The van der Waals surface area contributed by atoms with E-state index in [1.807, 2.05) is 19.1 Å². The highest BCUT2D eigenvalue weighted by Crippen LogP contribution is 2.32. The Morgan fingerprint density at radius 1 is 1.38 bits per heavy atom. The van der Waals surface area contributed by atoms with E-state index in [2.05, 4.69) is 26.8 Å². The maximum Gasteiger partial charge on any atom is 0.119 e. The molecule has 0 radical (unpaired) electrons. The number of ether oxygens (including phenoxy) is 1. The van der Waals surface area contributed by atoms with Gasteiger partial charge in [0.25, 0.3) is 0 Å². The number of hydrogen-bond donors (Lipinski definition) is 1. The molecule has 1 N–H and O–H groups in total. The smallest absolute Gasteiger partial charge is 0.119 e. The minimum atomic E-state index is -0.281. The molecule has 0 spiro atoms. The van der Waals surface area contributed by atoms with Gasteiger partial charge in [-0.3, -0.25) is 0 Å². The molecule has 0 aliphatic rings. The number of aryl methyl sites for hydroxylation is 1. The molecule has 90 valence electrons. The van der Waals surface area contributed by atoms with Gasteiger partial charge in [-0.05, 0) is 48.9 Å². The van der Waals surface area contributed by atoms with Crippen molar-refractivity contribution in [1.82, 2.24) is 0 Å². The van der Waals surface area contributed by atoms with Crippen LogP contribution >= 0.6 is 0 Å². The molecule has 1 aromatic rings. The molecule has 0 aromatic heterocycles. The van der Waals surface area contributed by atoms with Gasteiger partial charge < -0.3 is 9.84 Å². The van der Waals surface area contributed by atoms with Gasteiger partial charge in [0.15, 0.2) is 0 Å². The fourth-order valence-corrected chi connectivity index (χ4v) is 2.37. The molecule has 0 aliphatic heterocycles. The molecule has 1 aromatic carbocycles. The third-order valence-corrected chi connectivity index (χ3v) is 2.97. The Morgan fingerprint density at radius 3 is 2.44 bits per heavy atom. The summed E-state index contributed by atoms with van der Waals surface area (Å²) in [5, 5.41) is 9.52. The summed E-state index contributed by atoms with van der Waals surface area (Å²) < 4.78 is 5.19. The Balaban J connectivity index is 3.03. The van der Waals surface area contributed by atoms with Crippen LogP contribution in [0.25, 0.3) is 0 Å². The Bertz CT molecular complexity index is 354. The lowest BCUT2D eigenvalue weighted by atomic mass is 9.78. The summed E-state index contributed by atoms with van der Waals surface area (Å²) in [6.07, 6.45) is 0.483. The van der Waals surface area contributed by atoms with Crippen LogP contribution in [0, 0.1) is 6.92 Å². The molecule has 2 nitrogen and oxygen atoms in total. The monoisotopic (exact) mass is 222 g/mol. The number of methoxy groups -OCH3 is 1. The number of aliphatic hydroxyl groups excluding tert-OH is 1. The van der Waals surface area contributed by atoms with Crippen molar-refractivity contribution in [3.05, 3.63) is 29.3 Å².